The average Bonchev–Trinajstić information content (AvgIpc) is 2.38. The van der Waals surface area contributed by atoms with Crippen molar-refractivity contribution in [3.05, 3.63) is 33.9 Å². The van der Waals surface area contributed by atoms with Crippen molar-refractivity contribution in [1.82, 2.24) is 0 Å². The van der Waals surface area contributed by atoms with Gasteiger partial charge in [-0.3, -0.25) is 10.1 Å². The summed E-state index contributed by atoms with van der Waals surface area (Å²) in [5, 5.41) is 32.0. The standard InChI is InChI=1S/C13H15N3O4/c1-3-7-13(2,12(17)18)15-10-6-4-5-9(8-14)11(10)16(19)20/h4-6,15H,3,7H2,1-2H3,(H,17,18). The fourth-order valence-corrected chi connectivity index (χ4v) is 1.95. The number of hydrogen-bond donors (Lipinski definition) is 2. The predicted octanol–water partition coefficient (Wildman–Crippen LogP) is 2.52. The molecular weight excluding hydrogens is 262 g/mol. The third-order valence-corrected chi connectivity index (χ3v) is 2.97. The van der Waals surface area contributed by atoms with E-state index < -0.39 is 22.1 Å². The van der Waals surface area contributed by atoms with Gasteiger partial charge in [-0.2, -0.15) is 5.26 Å². The number of nitro groups is 1. The molecule has 20 heavy (non-hydrogen) atoms. The number of hydrogen-bond acceptors (Lipinski definition) is 5. The van der Waals surface area contributed by atoms with E-state index in [-0.39, 0.29) is 11.3 Å². The van der Waals surface area contributed by atoms with Crippen LogP contribution >= 0.6 is 0 Å². The van der Waals surface area contributed by atoms with Crippen molar-refractivity contribution in [3.63, 3.8) is 0 Å². The number of nitrogens with zero attached hydrogens (tertiary/aromatic N) is 2. The van der Waals surface area contributed by atoms with Crippen LogP contribution in [0.3, 0.4) is 0 Å². The minimum atomic E-state index is -1.33. The summed E-state index contributed by atoms with van der Waals surface area (Å²) in [6.07, 6.45) is 0.901. The van der Waals surface area contributed by atoms with Crippen molar-refractivity contribution in [1.29, 1.82) is 5.26 Å². The summed E-state index contributed by atoms with van der Waals surface area (Å²) < 4.78 is 0. The molecule has 0 aromatic heterocycles. The third-order valence-electron chi connectivity index (χ3n) is 2.97. The summed E-state index contributed by atoms with van der Waals surface area (Å²) in [5.41, 5.74) is -1.80. The van der Waals surface area contributed by atoms with Crippen LogP contribution in [0.15, 0.2) is 18.2 Å². The molecule has 1 aromatic carbocycles. The molecule has 0 spiro atoms. The van der Waals surface area contributed by atoms with E-state index in [1.54, 1.807) is 6.07 Å². The highest BCUT2D eigenvalue weighted by atomic mass is 16.6. The smallest absolute Gasteiger partial charge is 0.329 e. The molecule has 0 aliphatic carbocycles. The van der Waals surface area contributed by atoms with E-state index in [0.29, 0.717) is 12.8 Å². The number of nitro benzene ring substituents is 1. The van der Waals surface area contributed by atoms with Gasteiger partial charge in [0.2, 0.25) is 0 Å². The molecule has 1 rings (SSSR count). The molecule has 0 saturated carbocycles. The van der Waals surface area contributed by atoms with Gasteiger partial charge in [0.15, 0.2) is 0 Å². The first kappa shape index (κ1) is 15.4. The zero-order valence-electron chi connectivity index (χ0n) is 11.2. The lowest BCUT2D eigenvalue weighted by Crippen LogP contribution is -2.43. The number of benzene rings is 1. The number of rotatable bonds is 6. The lowest BCUT2D eigenvalue weighted by molar-refractivity contribution is -0.384. The molecule has 0 saturated heterocycles. The Balaban J connectivity index is 3.31. The number of nitriles is 1. The molecule has 1 aromatic rings. The molecule has 0 aliphatic rings. The zero-order valence-corrected chi connectivity index (χ0v) is 11.2. The summed E-state index contributed by atoms with van der Waals surface area (Å²) in [7, 11) is 0. The molecule has 7 nitrogen and oxygen atoms in total. The topological polar surface area (TPSA) is 116 Å². The number of para-hydroxylation sites is 1. The quantitative estimate of drug-likeness (QED) is 0.609. The van der Waals surface area contributed by atoms with E-state index >= 15 is 0 Å². The SMILES string of the molecule is CCCC(C)(Nc1cccc(C#N)c1[N+](=O)[O-])C(=O)O. The Morgan fingerprint density at radius 3 is 2.70 bits per heavy atom. The van der Waals surface area contributed by atoms with Crippen molar-refractivity contribution >= 4 is 17.3 Å². The van der Waals surface area contributed by atoms with Crippen LogP contribution < -0.4 is 5.32 Å². The summed E-state index contributed by atoms with van der Waals surface area (Å²) >= 11 is 0. The minimum absolute atomic E-state index is 0.0346. The normalized spacial score (nSPS) is 13.1. The van der Waals surface area contributed by atoms with E-state index in [1.165, 1.54) is 25.1 Å². The highest BCUT2D eigenvalue weighted by Crippen LogP contribution is 2.31. The molecular formula is C13H15N3O4. The molecule has 0 fully saturated rings. The van der Waals surface area contributed by atoms with Crippen molar-refractivity contribution in [2.24, 2.45) is 0 Å². The van der Waals surface area contributed by atoms with Gasteiger partial charge in [-0.25, -0.2) is 4.79 Å². The molecule has 0 heterocycles. The zero-order chi connectivity index (χ0) is 15.3. The molecule has 0 aliphatic heterocycles. The second kappa shape index (κ2) is 6.02. The van der Waals surface area contributed by atoms with E-state index in [1.807, 2.05) is 6.92 Å². The molecule has 2 N–H and O–H groups in total. The molecule has 1 atom stereocenters. The lowest BCUT2D eigenvalue weighted by Gasteiger charge is -2.26. The number of carboxylic acid groups (broad SMARTS) is 1. The number of aliphatic carboxylic acids is 1. The Morgan fingerprint density at radius 1 is 1.60 bits per heavy atom. The molecule has 1 unspecified atom stereocenters. The maximum Gasteiger partial charge on any atom is 0.329 e. The van der Waals surface area contributed by atoms with Crippen LogP contribution in [-0.2, 0) is 4.79 Å². The summed E-state index contributed by atoms with van der Waals surface area (Å²) in [6, 6.07) is 5.93. The van der Waals surface area contributed by atoms with Crippen molar-refractivity contribution in [2.45, 2.75) is 32.2 Å². The number of anilines is 1. The first-order chi connectivity index (χ1) is 9.35. The van der Waals surface area contributed by atoms with Gasteiger partial charge in [-0.15, -0.1) is 0 Å². The van der Waals surface area contributed by atoms with Crippen LogP contribution in [0.1, 0.15) is 32.3 Å². The van der Waals surface area contributed by atoms with Gasteiger partial charge in [0.25, 0.3) is 0 Å². The monoisotopic (exact) mass is 277 g/mol. The maximum atomic E-state index is 11.4. The second-order valence-electron chi connectivity index (χ2n) is 4.58. The first-order valence-electron chi connectivity index (χ1n) is 6.04. The predicted molar refractivity (Wildman–Crippen MR) is 72.4 cm³/mol. The van der Waals surface area contributed by atoms with Crippen LogP contribution in [0.5, 0.6) is 0 Å². The largest absolute Gasteiger partial charge is 0.480 e. The van der Waals surface area contributed by atoms with E-state index in [4.69, 9.17) is 5.26 Å². The highest BCUT2D eigenvalue weighted by molar-refractivity contribution is 5.84. The van der Waals surface area contributed by atoms with E-state index in [2.05, 4.69) is 5.32 Å². The van der Waals surface area contributed by atoms with Gasteiger partial charge in [0.1, 0.15) is 22.9 Å². The fraction of sp³-hybridized carbons (Fsp3) is 0.385. The Bertz CT molecular complexity index is 579. The maximum absolute atomic E-state index is 11.4. The number of nitrogens with one attached hydrogen (secondary N) is 1. The first-order valence-corrected chi connectivity index (χ1v) is 6.04. The molecule has 0 bridgehead atoms. The van der Waals surface area contributed by atoms with Gasteiger partial charge in [-0.1, -0.05) is 19.4 Å². The Morgan fingerprint density at radius 2 is 2.25 bits per heavy atom. The van der Waals surface area contributed by atoms with Crippen molar-refractivity contribution in [3.8, 4) is 6.07 Å². The van der Waals surface area contributed by atoms with Crippen LogP contribution in [0.4, 0.5) is 11.4 Å². The van der Waals surface area contributed by atoms with Gasteiger partial charge in [-0.05, 0) is 25.5 Å². The van der Waals surface area contributed by atoms with Crippen LogP contribution in [0.2, 0.25) is 0 Å². The van der Waals surface area contributed by atoms with E-state index in [0.717, 1.165) is 0 Å². The van der Waals surface area contributed by atoms with Crippen LogP contribution in [0, 0.1) is 21.4 Å². The fourth-order valence-electron chi connectivity index (χ4n) is 1.95. The van der Waals surface area contributed by atoms with Gasteiger partial charge in [0, 0.05) is 0 Å². The molecule has 0 radical (unpaired) electrons. The Kier molecular flexibility index (Phi) is 4.64. The van der Waals surface area contributed by atoms with Crippen molar-refractivity contribution in [2.75, 3.05) is 5.32 Å². The minimum Gasteiger partial charge on any atom is -0.480 e. The average molecular weight is 277 g/mol. The van der Waals surface area contributed by atoms with Gasteiger partial charge < -0.3 is 10.4 Å². The number of carbonyl (C=O) groups is 1. The summed E-state index contributed by atoms with van der Waals surface area (Å²) in [6.45, 7) is 3.28. The Hall–Kier alpha value is -2.62. The van der Waals surface area contributed by atoms with E-state index in [9.17, 15) is 20.0 Å². The summed E-state index contributed by atoms with van der Waals surface area (Å²) in [4.78, 5) is 21.8. The molecule has 106 valence electrons. The molecule has 7 heteroatoms. The second-order valence-corrected chi connectivity index (χ2v) is 4.58. The highest BCUT2D eigenvalue weighted by Gasteiger charge is 2.34. The molecule has 0 amide bonds. The summed E-state index contributed by atoms with van der Waals surface area (Å²) in [5.74, 6) is -1.10. The number of carboxylic acids is 1. The Labute approximate surface area is 116 Å². The third kappa shape index (κ3) is 3.03. The van der Waals surface area contributed by atoms with Gasteiger partial charge >= 0.3 is 11.7 Å². The van der Waals surface area contributed by atoms with Crippen LogP contribution in [-0.4, -0.2) is 21.5 Å². The van der Waals surface area contributed by atoms with Crippen molar-refractivity contribution < 1.29 is 14.8 Å². The van der Waals surface area contributed by atoms with Gasteiger partial charge in [0.05, 0.1) is 4.92 Å². The van der Waals surface area contributed by atoms with Crippen LogP contribution in [0.25, 0.3) is 0 Å². The lowest BCUT2D eigenvalue weighted by atomic mass is 9.95.